The van der Waals surface area contributed by atoms with Crippen LogP contribution in [0.2, 0.25) is 0 Å². The Labute approximate surface area is 79.5 Å². The summed E-state index contributed by atoms with van der Waals surface area (Å²) in [6.07, 6.45) is 8.10. The van der Waals surface area contributed by atoms with E-state index in [0.29, 0.717) is 19.0 Å². The average Bonchev–Trinajstić information content (AvgIpc) is 2.84. The van der Waals surface area contributed by atoms with E-state index in [1.807, 2.05) is 11.9 Å². The minimum Gasteiger partial charge on any atom is -0.352 e. The molecule has 1 N–H and O–H groups in total. The maximum absolute atomic E-state index is 11.3. The highest BCUT2D eigenvalue weighted by atomic mass is 16.2. The Balaban J connectivity index is 2.07. The molecule has 1 fully saturated rings. The molecule has 0 unspecified atom stereocenters. The monoisotopic (exact) mass is 180 g/mol. The molecule has 1 amide bonds. The lowest BCUT2D eigenvalue weighted by atomic mass is 10.4. The molecule has 1 aliphatic rings. The second-order valence-corrected chi connectivity index (χ2v) is 3.53. The van der Waals surface area contributed by atoms with Crippen molar-refractivity contribution < 1.29 is 4.79 Å². The lowest BCUT2D eigenvalue weighted by molar-refractivity contribution is -0.122. The van der Waals surface area contributed by atoms with Crippen LogP contribution in [0.4, 0.5) is 0 Å². The van der Waals surface area contributed by atoms with Gasteiger partial charge in [-0.2, -0.15) is 0 Å². The molecular weight excluding hydrogens is 164 g/mol. The third-order valence-electron chi connectivity index (χ3n) is 1.99. The fourth-order valence-electron chi connectivity index (χ4n) is 1.08. The lowest BCUT2D eigenvalue weighted by Gasteiger charge is -2.14. The summed E-state index contributed by atoms with van der Waals surface area (Å²) in [5, 5.41) is 2.93. The fraction of sp³-hybridized carbons (Fsp3) is 0.700. The lowest BCUT2D eigenvalue weighted by Crippen LogP contribution is -2.36. The van der Waals surface area contributed by atoms with Gasteiger partial charge >= 0.3 is 0 Å². The number of hydrogen-bond acceptors (Lipinski definition) is 2. The van der Waals surface area contributed by atoms with Gasteiger partial charge in [0, 0.05) is 19.0 Å². The highest BCUT2D eigenvalue weighted by Gasteiger charge is 2.23. The molecule has 3 heteroatoms. The summed E-state index contributed by atoms with van der Waals surface area (Å²) in [6, 6.07) is 0.452. The van der Waals surface area contributed by atoms with Gasteiger partial charge in [0.2, 0.25) is 5.91 Å². The van der Waals surface area contributed by atoms with E-state index in [2.05, 4.69) is 11.2 Å². The normalized spacial score (nSPS) is 15.5. The van der Waals surface area contributed by atoms with Crippen LogP contribution in [0.5, 0.6) is 0 Å². The van der Waals surface area contributed by atoms with Crippen LogP contribution in [0.15, 0.2) is 0 Å². The number of nitrogens with zero attached hydrogens (tertiary/aromatic N) is 1. The van der Waals surface area contributed by atoms with Gasteiger partial charge in [-0.05, 0) is 19.9 Å². The summed E-state index contributed by atoms with van der Waals surface area (Å²) in [4.78, 5) is 13.2. The number of rotatable bonds is 5. The van der Waals surface area contributed by atoms with Crippen molar-refractivity contribution >= 4 is 5.91 Å². The van der Waals surface area contributed by atoms with Crippen molar-refractivity contribution in [1.82, 2.24) is 10.2 Å². The molecule has 0 atom stereocenters. The smallest absolute Gasteiger partial charge is 0.234 e. The van der Waals surface area contributed by atoms with Crippen LogP contribution in [-0.4, -0.2) is 37.0 Å². The molecule has 0 aromatic heterocycles. The van der Waals surface area contributed by atoms with E-state index in [1.54, 1.807) is 0 Å². The number of terminal acetylenes is 1. The molecule has 0 bridgehead atoms. The van der Waals surface area contributed by atoms with Crippen LogP contribution >= 0.6 is 0 Å². The van der Waals surface area contributed by atoms with E-state index in [4.69, 9.17) is 6.42 Å². The zero-order valence-electron chi connectivity index (χ0n) is 8.05. The Morgan fingerprint density at radius 3 is 2.92 bits per heavy atom. The number of carbonyl (C=O) groups excluding carboxylic acids is 1. The summed E-state index contributed by atoms with van der Waals surface area (Å²) in [6.45, 7) is 1.24. The van der Waals surface area contributed by atoms with Crippen molar-refractivity contribution in [1.29, 1.82) is 0 Å². The molecule has 72 valence electrons. The van der Waals surface area contributed by atoms with E-state index in [1.165, 1.54) is 0 Å². The summed E-state index contributed by atoms with van der Waals surface area (Å²) >= 11 is 0. The molecule has 1 aliphatic carbocycles. The van der Waals surface area contributed by atoms with E-state index >= 15 is 0 Å². The minimum absolute atomic E-state index is 0.113. The summed E-state index contributed by atoms with van der Waals surface area (Å²) < 4.78 is 0. The summed E-state index contributed by atoms with van der Waals surface area (Å²) in [5.74, 6) is 2.66. The van der Waals surface area contributed by atoms with Gasteiger partial charge in [-0.1, -0.05) is 0 Å². The third-order valence-corrected chi connectivity index (χ3v) is 1.99. The van der Waals surface area contributed by atoms with Crippen LogP contribution in [0.1, 0.15) is 19.3 Å². The van der Waals surface area contributed by atoms with Crippen molar-refractivity contribution in [3.05, 3.63) is 0 Å². The fourth-order valence-corrected chi connectivity index (χ4v) is 1.08. The van der Waals surface area contributed by atoms with Crippen molar-refractivity contribution in [2.24, 2.45) is 0 Å². The van der Waals surface area contributed by atoms with Crippen molar-refractivity contribution in [3.8, 4) is 12.3 Å². The molecule has 13 heavy (non-hydrogen) atoms. The van der Waals surface area contributed by atoms with Gasteiger partial charge in [0.15, 0.2) is 0 Å². The Morgan fingerprint density at radius 2 is 2.38 bits per heavy atom. The average molecular weight is 180 g/mol. The Bertz CT molecular complexity index is 215. The molecule has 1 rings (SSSR count). The van der Waals surface area contributed by atoms with E-state index in [9.17, 15) is 4.79 Å². The predicted molar refractivity (Wildman–Crippen MR) is 52.1 cm³/mol. The number of amides is 1. The second-order valence-electron chi connectivity index (χ2n) is 3.53. The van der Waals surface area contributed by atoms with Gasteiger partial charge in [0.05, 0.1) is 6.54 Å². The molecule has 1 saturated carbocycles. The Hall–Kier alpha value is -1.01. The van der Waals surface area contributed by atoms with Gasteiger partial charge in [0.25, 0.3) is 0 Å². The van der Waals surface area contributed by atoms with Crippen LogP contribution < -0.4 is 5.32 Å². The maximum Gasteiger partial charge on any atom is 0.234 e. The molecule has 0 radical (unpaired) electrons. The van der Waals surface area contributed by atoms with E-state index in [0.717, 1.165) is 19.4 Å². The highest BCUT2D eigenvalue weighted by Crippen LogP contribution is 2.18. The maximum atomic E-state index is 11.3. The second kappa shape index (κ2) is 4.88. The first-order valence-electron chi connectivity index (χ1n) is 4.63. The predicted octanol–water partition coefficient (Wildman–Crippen LogP) is 0.220. The molecule has 0 saturated heterocycles. The van der Waals surface area contributed by atoms with Crippen LogP contribution in [0, 0.1) is 12.3 Å². The SMILES string of the molecule is C#CCCN(C)CC(=O)NC1CC1. The van der Waals surface area contributed by atoms with E-state index in [-0.39, 0.29) is 5.91 Å². The molecule has 0 spiro atoms. The minimum atomic E-state index is 0.113. The van der Waals surface area contributed by atoms with Gasteiger partial charge in [-0.25, -0.2) is 0 Å². The first kappa shape index (κ1) is 10.1. The third kappa shape index (κ3) is 4.54. The first-order valence-corrected chi connectivity index (χ1v) is 4.63. The topological polar surface area (TPSA) is 32.3 Å². The Morgan fingerprint density at radius 1 is 1.69 bits per heavy atom. The van der Waals surface area contributed by atoms with E-state index < -0.39 is 0 Å². The van der Waals surface area contributed by atoms with Crippen LogP contribution in [0.25, 0.3) is 0 Å². The Kier molecular flexibility index (Phi) is 3.78. The number of nitrogens with one attached hydrogen (secondary N) is 1. The number of carbonyl (C=O) groups is 1. The molecule has 0 aromatic carbocycles. The van der Waals surface area contributed by atoms with Gasteiger partial charge in [0.1, 0.15) is 0 Å². The largest absolute Gasteiger partial charge is 0.352 e. The van der Waals surface area contributed by atoms with Crippen molar-refractivity contribution in [3.63, 3.8) is 0 Å². The van der Waals surface area contributed by atoms with Crippen molar-refractivity contribution in [2.45, 2.75) is 25.3 Å². The van der Waals surface area contributed by atoms with Gasteiger partial charge in [-0.15, -0.1) is 12.3 Å². The summed E-state index contributed by atoms with van der Waals surface area (Å²) in [5.41, 5.74) is 0. The molecular formula is C10H16N2O. The standard InChI is InChI=1S/C10H16N2O/c1-3-4-7-12(2)8-10(13)11-9-5-6-9/h1,9H,4-8H2,2H3,(H,11,13). The summed E-state index contributed by atoms with van der Waals surface area (Å²) in [7, 11) is 1.91. The van der Waals surface area contributed by atoms with Crippen LogP contribution in [-0.2, 0) is 4.79 Å². The number of likely N-dealkylation sites (N-methyl/N-ethyl adjacent to an activating group) is 1. The quantitative estimate of drug-likeness (QED) is 0.614. The molecule has 3 nitrogen and oxygen atoms in total. The molecule has 0 aliphatic heterocycles. The van der Waals surface area contributed by atoms with Crippen molar-refractivity contribution in [2.75, 3.05) is 20.1 Å². The van der Waals surface area contributed by atoms with Gasteiger partial charge < -0.3 is 5.32 Å². The zero-order chi connectivity index (χ0) is 9.68. The van der Waals surface area contributed by atoms with Gasteiger partial charge in [-0.3, -0.25) is 9.69 Å². The highest BCUT2D eigenvalue weighted by molar-refractivity contribution is 5.78. The van der Waals surface area contributed by atoms with Crippen LogP contribution in [0.3, 0.4) is 0 Å². The first-order chi connectivity index (χ1) is 6.22. The zero-order valence-corrected chi connectivity index (χ0v) is 8.05. The molecule has 0 heterocycles. The molecule has 0 aromatic rings. The number of hydrogen-bond donors (Lipinski definition) is 1.